The van der Waals surface area contributed by atoms with Crippen LogP contribution in [-0.4, -0.2) is 27.3 Å². The standard InChI is InChI=1S/C9H9ClN2O2S/c1-15-8-5(10)6(9(13)14)11-7(12-8)4-2-3-4/h4H,2-3H2,1H3,(H,13,14). The molecule has 1 saturated carbocycles. The molecule has 0 radical (unpaired) electrons. The highest BCUT2D eigenvalue weighted by atomic mass is 35.5. The van der Waals surface area contributed by atoms with E-state index in [1.54, 1.807) is 0 Å². The zero-order chi connectivity index (χ0) is 11.0. The summed E-state index contributed by atoms with van der Waals surface area (Å²) in [5.74, 6) is -0.160. The minimum Gasteiger partial charge on any atom is -0.476 e. The van der Waals surface area contributed by atoms with Gasteiger partial charge in [0.2, 0.25) is 0 Å². The van der Waals surface area contributed by atoms with E-state index in [9.17, 15) is 4.79 Å². The van der Waals surface area contributed by atoms with Crippen molar-refractivity contribution in [3.8, 4) is 0 Å². The van der Waals surface area contributed by atoms with E-state index in [2.05, 4.69) is 9.97 Å². The number of hydrogen-bond acceptors (Lipinski definition) is 4. The molecular weight excluding hydrogens is 236 g/mol. The molecule has 2 rings (SSSR count). The molecule has 15 heavy (non-hydrogen) atoms. The Morgan fingerprint density at radius 1 is 1.53 bits per heavy atom. The van der Waals surface area contributed by atoms with Crippen LogP contribution in [-0.2, 0) is 0 Å². The van der Waals surface area contributed by atoms with Crippen molar-refractivity contribution in [1.29, 1.82) is 0 Å². The molecule has 1 aromatic rings. The molecule has 1 N–H and O–H groups in total. The fourth-order valence-corrected chi connectivity index (χ4v) is 2.10. The predicted octanol–water partition coefficient (Wildman–Crippen LogP) is 2.43. The Bertz CT molecular complexity index is 421. The third kappa shape index (κ3) is 2.08. The van der Waals surface area contributed by atoms with Gasteiger partial charge in [0.1, 0.15) is 15.9 Å². The Balaban J connectivity index is 2.52. The Kier molecular flexibility index (Phi) is 2.84. The summed E-state index contributed by atoms with van der Waals surface area (Å²) in [6.07, 6.45) is 3.89. The second-order valence-electron chi connectivity index (χ2n) is 3.33. The molecule has 0 spiro atoms. The van der Waals surface area contributed by atoms with E-state index in [-0.39, 0.29) is 10.7 Å². The highest BCUT2D eigenvalue weighted by Gasteiger charge is 2.29. The number of carbonyl (C=O) groups is 1. The van der Waals surface area contributed by atoms with Crippen molar-refractivity contribution < 1.29 is 9.90 Å². The topological polar surface area (TPSA) is 63.1 Å². The molecule has 0 amide bonds. The Morgan fingerprint density at radius 3 is 2.67 bits per heavy atom. The van der Waals surface area contributed by atoms with Gasteiger partial charge in [-0.1, -0.05) is 11.6 Å². The summed E-state index contributed by atoms with van der Waals surface area (Å²) >= 11 is 7.21. The first-order valence-corrected chi connectivity index (χ1v) is 6.08. The van der Waals surface area contributed by atoms with Gasteiger partial charge in [-0.3, -0.25) is 0 Å². The first-order chi connectivity index (χ1) is 7.13. The van der Waals surface area contributed by atoms with Crippen molar-refractivity contribution in [2.24, 2.45) is 0 Å². The average molecular weight is 245 g/mol. The average Bonchev–Trinajstić information content (AvgIpc) is 3.01. The van der Waals surface area contributed by atoms with E-state index in [0.717, 1.165) is 12.8 Å². The number of carboxylic acid groups (broad SMARTS) is 1. The number of nitrogens with zero attached hydrogens (tertiary/aromatic N) is 2. The van der Waals surface area contributed by atoms with Crippen molar-refractivity contribution in [2.75, 3.05) is 6.26 Å². The van der Waals surface area contributed by atoms with Crippen LogP contribution in [0.1, 0.15) is 35.1 Å². The Hall–Kier alpha value is -0.810. The summed E-state index contributed by atoms with van der Waals surface area (Å²) < 4.78 is 0. The lowest BCUT2D eigenvalue weighted by atomic mass is 10.3. The molecule has 1 aliphatic carbocycles. The minimum atomic E-state index is -1.10. The van der Waals surface area contributed by atoms with Crippen molar-refractivity contribution in [2.45, 2.75) is 23.8 Å². The summed E-state index contributed by atoms with van der Waals surface area (Å²) in [6, 6.07) is 0. The zero-order valence-electron chi connectivity index (χ0n) is 8.03. The summed E-state index contributed by atoms with van der Waals surface area (Å²) in [4.78, 5) is 19.1. The number of aromatic nitrogens is 2. The summed E-state index contributed by atoms with van der Waals surface area (Å²) in [6.45, 7) is 0. The number of thioether (sulfide) groups is 1. The molecule has 0 saturated heterocycles. The maximum absolute atomic E-state index is 10.9. The van der Waals surface area contributed by atoms with E-state index in [0.29, 0.717) is 16.8 Å². The fraction of sp³-hybridized carbons (Fsp3) is 0.444. The molecular formula is C9H9ClN2O2S. The largest absolute Gasteiger partial charge is 0.476 e. The van der Waals surface area contributed by atoms with Gasteiger partial charge in [0.15, 0.2) is 5.69 Å². The highest BCUT2D eigenvalue weighted by Crippen LogP contribution is 2.39. The van der Waals surface area contributed by atoms with Gasteiger partial charge in [0.25, 0.3) is 0 Å². The van der Waals surface area contributed by atoms with Crippen LogP contribution in [0.3, 0.4) is 0 Å². The second-order valence-corrected chi connectivity index (χ2v) is 4.51. The molecule has 0 atom stereocenters. The maximum atomic E-state index is 10.9. The lowest BCUT2D eigenvalue weighted by Crippen LogP contribution is -2.07. The van der Waals surface area contributed by atoms with Crippen LogP contribution in [0.5, 0.6) is 0 Å². The molecule has 0 unspecified atom stereocenters. The van der Waals surface area contributed by atoms with Crippen molar-refractivity contribution in [3.05, 3.63) is 16.5 Å². The number of aromatic carboxylic acids is 1. The molecule has 6 heteroatoms. The highest BCUT2D eigenvalue weighted by molar-refractivity contribution is 7.98. The normalized spacial score (nSPS) is 15.3. The van der Waals surface area contributed by atoms with E-state index in [1.807, 2.05) is 6.26 Å². The van der Waals surface area contributed by atoms with Crippen LogP contribution in [0.25, 0.3) is 0 Å². The SMILES string of the molecule is CSc1nc(C2CC2)nc(C(=O)O)c1Cl. The molecule has 0 bridgehead atoms. The van der Waals surface area contributed by atoms with Crippen LogP contribution in [0, 0.1) is 0 Å². The molecule has 1 aromatic heterocycles. The summed E-state index contributed by atoms with van der Waals surface area (Å²) in [5, 5.41) is 9.61. The van der Waals surface area contributed by atoms with Crippen LogP contribution in [0.4, 0.5) is 0 Å². The van der Waals surface area contributed by atoms with Gasteiger partial charge < -0.3 is 5.11 Å². The van der Waals surface area contributed by atoms with Crippen LogP contribution in [0.2, 0.25) is 5.02 Å². The van der Waals surface area contributed by atoms with E-state index >= 15 is 0 Å². The first kappa shape index (κ1) is 10.7. The van der Waals surface area contributed by atoms with Crippen molar-refractivity contribution in [1.82, 2.24) is 9.97 Å². The van der Waals surface area contributed by atoms with Crippen LogP contribution < -0.4 is 0 Å². The lowest BCUT2D eigenvalue weighted by molar-refractivity contribution is 0.0689. The van der Waals surface area contributed by atoms with E-state index < -0.39 is 5.97 Å². The van der Waals surface area contributed by atoms with E-state index in [4.69, 9.17) is 16.7 Å². The van der Waals surface area contributed by atoms with Crippen LogP contribution >= 0.6 is 23.4 Å². The van der Waals surface area contributed by atoms with Gasteiger partial charge in [0.05, 0.1) is 0 Å². The summed E-state index contributed by atoms with van der Waals surface area (Å²) in [5.41, 5.74) is -0.0853. The smallest absolute Gasteiger partial charge is 0.356 e. The molecule has 1 heterocycles. The van der Waals surface area contributed by atoms with Gasteiger partial charge in [-0.05, 0) is 19.1 Å². The molecule has 4 nitrogen and oxygen atoms in total. The molecule has 80 valence electrons. The third-order valence-corrected chi connectivity index (χ3v) is 3.33. The number of carboxylic acids is 1. The molecule has 0 aromatic carbocycles. The van der Waals surface area contributed by atoms with Gasteiger partial charge in [-0.25, -0.2) is 14.8 Å². The summed E-state index contributed by atoms with van der Waals surface area (Å²) in [7, 11) is 0. The monoisotopic (exact) mass is 244 g/mol. The number of hydrogen-bond donors (Lipinski definition) is 1. The third-order valence-electron chi connectivity index (χ3n) is 2.18. The molecule has 1 fully saturated rings. The van der Waals surface area contributed by atoms with Crippen molar-refractivity contribution >= 4 is 29.3 Å². The quantitative estimate of drug-likeness (QED) is 0.654. The Labute approximate surface area is 96.1 Å². The second kappa shape index (κ2) is 3.98. The fourth-order valence-electron chi connectivity index (χ4n) is 1.24. The lowest BCUT2D eigenvalue weighted by Gasteiger charge is -2.05. The minimum absolute atomic E-state index is 0.0853. The number of halogens is 1. The molecule has 1 aliphatic rings. The van der Waals surface area contributed by atoms with Crippen molar-refractivity contribution in [3.63, 3.8) is 0 Å². The van der Waals surface area contributed by atoms with Gasteiger partial charge in [-0.2, -0.15) is 0 Å². The van der Waals surface area contributed by atoms with Gasteiger partial charge in [0, 0.05) is 5.92 Å². The first-order valence-electron chi connectivity index (χ1n) is 4.48. The van der Waals surface area contributed by atoms with E-state index in [1.165, 1.54) is 11.8 Å². The number of rotatable bonds is 3. The maximum Gasteiger partial charge on any atom is 0.356 e. The Morgan fingerprint density at radius 2 is 2.20 bits per heavy atom. The van der Waals surface area contributed by atoms with Gasteiger partial charge >= 0.3 is 5.97 Å². The molecule has 0 aliphatic heterocycles. The van der Waals surface area contributed by atoms with Gasteiger partial charge in [-0.15, -0.1) is 11.8 Å². The predicted molar refractivity (Wildman–Crippen MR) is 57.8 cm³/mol. The zero-order valence-corrected chi connectivity index (χ0v) is 9.60. The van der Waals surface area contributed by atoms with Crippen LogP contribution in [0.15, 0.2) is 5.03 Å².